The molecule has 0 atom stereocenters. The van der Waals surface area contributed by atoms with Gasteiger partial charge in [0.15, 0.2) is 0 Å². The van der Waals surface area contributed by atoms with Crippen molar-refractivity contribution in [2.45, 2.75) is 39.5 Å². The van der Waals surface area contributed by atoms with Gasteiger partial charge in [-0.25, -0.2) is 0 Å². The Morgan fingerprint density at radius 1 is 0.960 bits per heavy atom. The topological polar surface area (TPSA) is 55.4 Å². The van der Waals surface area contributed by atoms with E-state index in [4.69, 9.17) is 4.74 Å². The number of amides is 1. The van der Waals surface area contributed by atoms with Crippen molar-refractivity contribution in [3.63, 3.8) is 0 Å². The van der Waals surface area contributed by atoms with Crippen molar-refractivity contribution in [2.24, 2.45) is 0 Å². The van der Waals surface area contributed by atoms with Crippen molar-refractivity contribution in [1.29, 1.82) is 0 Å². The van der Waals surface area contributed by atoms with E-state index in [2.05, 4.69) is 17.4 Å². The van der Waals surface area contributed by atoms with Gasteiger partial charge in [-0.15, -0.1) is 0 Å². The predicted molar refractivity (Wildman–Crippen MR) is 99.5 cm³/mol. The maximum atomic E-state index is 11.9. The number of esters is 1. The maximum Gasteiger partial charge on any atom is 0.306 e. The molecule has 2 rings (SSSR count). The average Bonchev–Trinajstić information content (AvgIpc) is 2.61. The molecule has 0 aliphatic heterocycles. The first-order chi connectivity index (χ1) is 12.0. The van der Waals surface area contributed by atoms with Crippen LogP contribution in [0.2, 0.25) is 0 Å². The molecule has 0 aromatic heterocycles. The van der Waals surface area contributed by atoms with E-state index >= 15 is 0 Å². The Morgan fingerprint density at radius 3 is 2.44 bits per heavy atom. The summed E-state index contributed by atoms with van der Waals surface area (Å²) >= 11 is 0. The molecular weight excluding hydrogens is 314 g/mol. The molecule has 0 bridgehead atoms. The summed E-state index contributed by atoms with van der Waals surface area (Å²) in [5.74, 6) is -0.507. The summed E-state index contributed by atoms with van der Waals surface area (Å²) in [6, 6.07) is 15.8. The quantitative estimate of drug-likeness (QED) is 0.579. The Morgan fingerprint density at radius 2 is 1.72 bits per heavy atom. The molecule has 0 aliphatic carbocycles. The Kier molecular flexibility index (Phi) is 7.20. The number of ether oxygens (including phenoxy) is 1. The highest BCUT2D eigenvalue weighted by atomic mass is 16.5. The first kappa shape index (κ1) is 18.7. The first-order valence-electron chi connectivity index (χ1n) is 8.61. The summed E-state index contributed by atoms with van der Waals surface area (Å²) in [6.45, 7) is 4.40. The Balaban J connectivity index is 1.62. The van der Waals surface area contributed by atoms with Gasteiger partial charge < -0.3 is 10.1 Å². The van der Waals surface area contributed by atoms with Crippen molar-refractivity contribution in [3.8, 4) is 0 Å². The first-order valence-corrected chi connectivity index (χ1v) is 8.61. The predicted octanol–water partition coefficient (Wildman–Crippen LogP) is 4.20. The molecule has 0 saturated heterocycles. The van der Waals surface area contributed by atoms with E-state index in [0.717, 1.165) is 24.1 Å². The Bertz CT molecular complexity index is 710. The third-order valence-corrected chi connectivity index (χ3v) is 4.06. The van der Waals surface area contributed by atoms with Crippen molar-refractivity contribution < 1.29 is 14.3 Å². The van der Waals surface area contributed by atoms with Crippen LogP contribution in [0.3, 0.4) is 0 Å². The van der Waals surface area contributed by atoms with Crippen LogP contribution in [-0.4, -0.2) is 18.5 Å². The van der Waals surface area contributed by atoms with Crippen LogP contribution < -0.4 is 5.32 Å². The van der Waals surface area contributed by atoms with Gasteiger partial charge in [0.05, 0.1) is 13.0 Å². The van der Waals surface area contributed by atoms with Gasteiger partial charge in [-0.1, -0.05) is 36.4 Å². The van der Waals surface area contributed by atoms with E-state index in [9.17, 15) is 9.59 Å². The van der Waals surface area contributed by atoms with E-state index in [-0.39, 0.29) is 24.7 Å². The van der Waals surface area contributed by atoms with Crippen LogP contribution in [0.25, 0.3) is 0 Å². The molecule has 4 heteroatoms. The number of rotatable bonds is 8. The third kappa shape index (κ3) is 6.79. The highest BCUT2D eigenvalue weighted by Crippen LogP contribution is 2.14. The van der Waals surface area contributed by atoms with Crippen LogP contribution in [0, 0.1) is 13.8 Å². The van der Waals surface area contributed by atoms with Crippen molar-refractivity contribution in [3.05, 3.63) is 65.2 Å². The van der Waals surface area contributed by atoms with Crippen LogP contribution >= 0.6 is 0 Å². The molecule has 0 aliphatic rings. The van der Waals surface area contributed by atoms with Gasteiger partial charge >= 0.3 is 5.97 Å². The molecule has 1 amide bonds. The lowest BCUT2D eigenvalue weighted by Crippen LogP contribution is -2.15. The molecule has 1 N–H and O–H groups in total. The minimum absolute atomic E-state index is 0.0992. The summed E-state index contributed by atoms with van der Waals surface area (Å²) in [5, 5.41) is 2.81. The van der Waals surface area contributed by atoms with Gasteiger partial charge in [-0.2, -0.15) is 0 Å². The fourth-order valence-corrected chi connectivity index (χ4v) is 2.44. The molecule has 25 heavy (non-hydrogen) atoms. The molecule has 0 spiro atoms. The van der Waals surface area contributed by atoms with Crippen LogP contribution in [-0.2, 0) is 20.7 Å². The van der Waals surface area contributed by atoms with Gasteiger partial charge in [-0.3, -0.25) is 9.59 Å². The van der Waals surface area contributed by atoms with Crippen LogP contribution in [0.1, 0.15) is 36.0 Å². The van der Waals surface area contributed by atoms with Gasteiger partial charge in [0.2, 0.25) is 5.91 Å². The number of benzene rings is 2. The van der Waals surface area contributed by atoms with Crippen LogP contribution in [0.5, 0.6) is 0 Å². The monoisotopic (exact) mass is 339 g/mol. The fourth-order valence-electron chi connectivity index (χ4n) is 2.44. The average molecular weight is 339 g/mol. The molecule has 4 nitrogen and oxygen atoms in total. The SMILES string of the molecule is Cc1ccc(NC(=O)CCC(=O)OCCCc2ccccc2)cc1C. The third-order valence-electron chi connectivity index (χ3n) is 4.06. The number of carbonyl (C=O) groups excluding carboxylic acids is 2. The van der Waals surface area contributed by atoms with Crippen LogP contribution in [0.4, 0.5) is 5.69 Å². The highest BCUT2D eigenvalue weighted by molar-refractivity contribution is 5.92. The van der Waals surface area contributed by atoms with Crippen LogP contribution in [0.15, 0.2) is 48.5 Å². The maximum absolute atomic E-state index is 11.9. The molecule has 2 aromatic rings. The molecule has 0 heterocycles. The largest absolute Gasteiger partial charge is 0.466 e. The summed E-state index contributed by atoms with van der Waals surface area (Å²) in [5.41, 5.74) is 4.28. The normalized spacial score (nSPS) is 10.3. The van der Waals surface area contributed by atoms with Crippen molar-refractivity contribution in [1.82, 2.24) is 0 Å². The molecule has 132 valence electrons. The number of anilines is 1. The zero-order chi connectivity index (χ0) is 18.1. The van der Waals surface area contributed by atoms with Gasteiger partial charge in [-0.05, 0) is 55.5 Å². The van der Waals surface area contributed by atoms with E-state index in [1.165, 1.54) is 11.1 Å². The molecule has 0 fully saturated rings. The van der Waals surface area contributed by atoms with E-state index in [1.54, 1.807) is 0 Å². The lowest BCUT2D eigenvalue weighted by molar-refractivity contribution is -0.144. The Labute approximate surface area is 149 Å². The highest BCUT2D eigenvalue weighted by Gasteiger charge is 2.09. The second-order valence-corrected chi connectivity index (χ2v) is 6.16. The fraction of sp³-hybridized carbons (Fsp3) is 0.333. The summed E-state index contributed by atoms with van der Waals surface area (Å²) in [6.07, 6.45) is 1.89. The van der Waals surface area contributed by atoms with E-state index < -0.39 is 0 Å². The molecular formula is C21H25NO3. The second kappa shape index (κ2) is 9.62. The standard InChI is InChI=1S/C21H25NO3/c1-16-10-11-19(15-17(16)2)22-20(23)12-13-21(24)25-14-6-9-18-7-4-3-5-8-18/h3-5,7-8,10-11,15H,6,9,12-14H2,1-2H3,(H,22,23). The molecule has 0 saturated carbocycles. The smallest absolute Gasteiger partial charge is 0.306 e. The zero-order valence-corrected chi connectivity index (χ0v) is 14.9. The molecule has 2 aromatic carbocycles. The minimum Gasteiger partial charge on any atom is -0.466 e. The van der Waals surface area contributed by atoms with Crippen molar-refractivity contribution in [2.75, 3.05) is 11.9 Å². The number of hydrogen-bond donors (Lipinski definition) is 1. The Hall–Kier alpha value is -2.62. The minimum atomic E-state index is -0.330. The summed E-state index contributed by atoms with van der Waals surface area (Å²) in [7, 11) is 0. The van der Waals surface area contributed by atoms with E-state index in [0.29, 0.717) is 6.61 Å². The number of aryl methyl sites for hydroxylation is 3. The second-order valence-electron chi connectivity index (χ2n) is 6.16. The van der Waals surface area contributed by atoms with E-state index in [1.807, 2.05) is 50.2 Å². The van der Waals surface area contributed by atoms with Crippen molar-refractivity contribution >= 4 is 17.6 Å². The van der Waals surface area contributed by atoms with Gasteiger partial charge in [0.1, 0.15) is 0 Å². The summed E-state index contributed by atoms with van der Waals surface area (Å²) < 4.78 is 5.18. The number of nitrogens with one attached hydrogen (secondary N) is 1. The number of carbonyl (C=O) groups is 2. The number of hydrogen-bond acceptors (Lipinski definition) is 3. The molecule has 0 radical (unpaired) electrons. The lowest BCUT2D eigenvalue weighted by Gasteiger charge is -2.08. The van der Waals surface area contributed by atoms with Gasteiger partial charge in [0.25, 0.3) is 0 Å². The molecule has 0 unspecified atom stereocenters. The lowest BCUT2D eigenvalue weighted by atomic mass is 10.1. The summed E-state index contributed by atoms with van der Waals surface area (Å²) in [4.78, 5) is 23.6. The zero-order valence-electron chi connectivity index (χ0n) is 14.9. The van der Waals surface area contributed by atoms with Gasteiger partial charge in [0, 0.05) is 12.1 Å².